The van der Waals surface area contributed by atoms with Crippen LogP contribution in [0.3, 0.4) is 0 Å². The zero-order valence-electron chi connectivity index (χ0n) is 14.9. The van der Waals surface area contributed by atoms with Crippen molar-refractivity contribution in [3.05, 3.63) is 51.9 Å². The molecule has 3 heterocycles. The highest BCUT2D eigenvalue weighted by Gasteiger charge is 2.30. The lowest BCUT2D eigenvalue weighted by atomic mass is 10.1. The Labute approximate surface area is 175 Å². The van der Waals surface area contributed by atoms with Crippen LogP contribution in [0.15, 0.2) is 30.9 Å². The first-order valence-electron chi connectivity index (χ1n) is 8.46. The lowest BCUT2D eigenvalue weighted by Gasteiger charge is -2.09. The highest BCUT2D eigenvalue weighted by Crippen LogP contribution is 2.34. The zero-order chi connectivity index (χ0) is 19.8. The van der Waals surface area contributed by atoms with Gasteiger partial charge in [0.25, 0.3) is 5.91 Å². The number of nitrogens with zero attached hydrogens (tertiary/aromatic N) is 3. The number of amides is 1. The highest BCUT2D eigenvalue weighted by atomic mass is 35.5. The van der Waals surface area contributed by atoms with Gasteiger partial charge in [0.1, 0.15) is 5.75 Å². The Morgan fingerprint density at radius 3 is 3.21 bits per heavy atom. The monoisotopic (exact) mass is 433 g/mol. The van der Waals surface area contributed by atoms with Gasteiger partial charge in [-0.25, -0.2) is 4.98 Å². The molecule has 1 unspecified atom stereocenters. The quantitative estimate of drug-likeness (QED) is 0.466. The molecule has 0 radical (unpaired) electrons. The van der Waals surface area contributed by atoms with E-state index in [9.17, 15) is 4.79 Å². The summed E-state index contributed by atoms with van der Waals surface area (Å²) in [5, 5.41) is 11.0. The standard InChI is InChI=1S/C18H16ClN5O2S2/c1-3-6-24-15(22-23-18(24)27)14-9(2)20-17(28-14)21-16(25)13-8-10-7-11(19)4-5-12(10)26-13/h3-5,7,13H,1,6,8H2,2H3,(H,23,27)(H,20,21,25). The molecule has 0 spiro atoms. The van der Waals surface area contributed by atoms with Crippen LogP contribution < -0.4 is 10.1 Å². The molecule has 144 valence electrons. The predicted octanol–water partition coefficient (Wildman–Crippen LogP) is 4.15. The van der Waals surface area contributed by atoms with E-state index in [1.807, 2.05) is 17.6 Å². The number of benzene rings is 1. The number of ether oxygens (including phenoxy) is 1. The van der Waals surface area contributed by atoms with Gasteiger partial charge in [0, 0.05) is 18.0 Å². The van der Waals surface area contributed by atoms with E-state index < -0.39 is 6.10 Å². The maximum absolute atomic E-state index is 12.6. The van der Waals surface area contributed by atoms with Gasteiger partial charge in [0.15, 0.2) is 21.8 Å². The number of H-pyrrole nitrogens is 1. The van der Waals surface area contributed by atoms with E-state index in [-0.39, 0.29) is 5.91 Å². The molecule has 1 amide bonds. The van der Waals surface area contributed by atoms with Crippen molar-refractivity contribution >= 4 is 46.2 Å². The summed E-state index contributed by atoms with van der Waals surface area (Å²) in [6.07, 6.45) is 1.60. The second-order valence-electron chi connectivity index (χ2n) is 6.24. The first-order chi connectivity index (χ1) is 13.5. The van der Waals surface area contributed by atoms with Crippen LogP contribution in [-0.2, 0) is 17.8 Å². The molecular weight excluding hydrogens is 418 g/mol. The molecule has 10 heteroatoms. The molecular formula is C18H16ClN5O2S2. The molecule has 0 fully saturated rings. The molecule has 7 nitrogen and oxygen atoms in total. The fourth-order valence-electron chi connectivity index (χ4n) is 3.00. The van der Waals surface area contributed by atoms with Gasteiger partial charge in [0.2, 0.25) is 0 Å². The van der Waals surface area contributed by atoms with Gasteiger partial charge < -0.3 is 4.74 Å². The minimum Gasteiger partial charge on any atom is -0.480 e. The van der Waals surface area contributed by atoms with E-state index in [0.29, 0.717) is 39.5 Å². The summed E-state index contributed by atoms with van der Waals surface area (Å²) in [5.41, 5.74) is 1.67. The molecule has 0 bridgehead atoms. The number of thiazole rings is 1. The fourth-order valence-corrected chi connectivity index (χ4v) is 4.37. The first kappa shape index (κ1) is 18.9. The van der Waals surface area contributed by atoms with Crippen molar-refractivity contribution in [3.63, 3.8) is 0 Å². The zero-order valence-corrected chi connectivity index (χ0v) is 17.2. The third-order valence-corrected chi connectivity index (χ3v) is 5.90. The van der Waals surface area contributed by atoms with E-state index in [2.05, 4.69) is 27.1 Å². The first-order valence-corrected chi connectivity index (χ1v) is 10.1. The second kappa shape index (κ2) is 7.50. The van der Waals surface area contributed by atoms with Gasteiger partial charge in [-0.05, 0) is 42.9 Å². The molecule has 0 saturated carbocycles. The van der Waals surface area contributed by atoms with E-state index in [1.165, 1.54) is 11.3 Å². The molecule has 0 aliphatic carbocycles. The van der Waals surface area contributed by atoms with Gasteiger partial charge in [-0.2, -0.15) is 5.10 Å². The van der Waals surface area contributed by atoms with Crippen LogP contribution in [0.2, 0.25) is 5.02 Å². The Kier molecular flexibility index (Phi) is 5.05. The smallest absolute Gasteiger partial charge is 0.267 e. The molecule has 3 aromatic rings. The van der Waals surface area contributed by atoms with Crippen LogP contribution in [0, 0.1) is 11.7 Å². The maximum Gasteiger partial charge on any atom is 0.267 e. The number of aryl methyl sites for hydroxylation is 1. The number of halogens is 1. The Bertz CT molecular complexity index is 1130. The summed E-state index contributed by atoms with van der Waals surface area (Å²) in [7, 11) is 0. The van der Waals surface area contributed by atoms with E-state index >= 15 is 0 Å². The summed E-state index contributed by atoms with van der Waals surface area (Å²) in [5.74, 6) is 1.10. The second-order valence-corrected chi connectivity index (χ2v) is 8.06. The van der Waals surface area contributed by atoms with Gasteiger partial charge in [0.05, 0.1) is 10.6 Å². The molecule has 2 N–H and O–H groups in total. The van der Waals surface area contributed by atoms with E-state index in [1.54, 1.807) is 18.2 Å². The third kappa shape index (κ3) is 3.48. The fraction of sp³-hybridized carbons (Fsp3) is 0.222. The third-order valence-electron chi connectivity index (χ3n) is 4.29. The van der Waals surface area contributed by atoms with E-state index in [4.69, 9.17) is 28.6 Å². The number of aromatic nitrogens is 4. The lowest BCUT2D eigenvalue weighted by molar-refractivity contribution is -0.122. The van der Waals surface area contributed by atoms with Crippen LogP contribution in [-0.4, -0.2) is 31.8 Å². The average molecular weight is 434 g/mol. The van der Waals surface area contributed by atoms with Gasteiger partial charge >= 0.3 is 0 Å². The normalized spacial score (nSPS) is 15.1. The minimum absolute atomic E-state index is 0.252. The predicted molar refractivity (Wildman–Crippen MR) is 112 cm³/mol. The van der Waals surface area contributed by atoms with Gasteiger partial charge in [-0.1, -0.05) is 29.0 Å². The van der Waals surface area contributed by atoms with Crippen LogP contribution in [0.5, 0.6) is 5.75 Å². The number of hydrogen-bond acceptors (Lipinski definition) is 6. The number of carbonyl (C=O) groups excluding carboxylic acids is 1. The van der Waals surface area contributed by atoms with Crippen molar-refractivity contribution in [2.75, 3.05) is 5.32 Å². The summed E-state index contributed by atoms with van der Waals surface area (Å²) in [6.45, 7) is 6.14. The van der Waals surface area contributed by atoms with Crippen molar-refractivity contribution in [2.24, 2.45) is 0 Å². The maximum atomic E-state index is 12.6. The number of allylic oxidation sites excluding steroid dienone is 1. The number of aromatic amines is 1. The number of anilines is 1. The summed E-state index contributed by atoms with van der Waals surface area (Å²) in [4.78, 5) is 17.9. The van der Waals surface area contributed by atoms with Gasteiger partial charge in [-0.15, -0.1) is 6.58 Å². The van der Waals surface area contributed by atoms with Crippen LogP contribution in [0.25, 0.3) is 10.7 Å². The largest absolute Gasteiger partial charge is 0.480 e. The summed E-state index contributed by atoms with van der Waals surface area (Å²) < 4.78 is 8.06. The molecule has 1 aliphatic rings. The van der Waals surface area contributed by atoms with Crippen molar-refractivity contribution in [1.82, 2.24) is 19.7 Å². The van der Waals surface area contributed by atoms with Crippen LogP contribution >= 0.6 is 35.2 Å². The van der Waals surface area contributed by atoms with Crippen molar-refractivity contribution in [1.29, 1.82) is 0 Å². The molecule has 1 aromatic carbocycles. The summed E-state index contributed by atoms with van der Waals surface area (Å²) in [6, 6.07) is 5.34. The number of nitrogens with one attached hydrogen (secondary N) is 2. The number of carbonyl (C=O) groups is 1. The Hall–Kier alpha value is -2.49. The molecule has 28 heavy (non-hydrogen) atoms. The SMILES string of the molecule is C=CCn1c(-c2sc(NC(=O)C3Cc4cc(Cl)ccc4O3)nc2C)n[nH]c1=S. The van der Waals surface area contributed by atoms with E-state index in [0.717, 1.165) is 16.1 Å². The minimum atomic E-state index is -0.614. The molecule has 1 atom stereocenters. The Morgan fingerprint density at radius 2 is 2.43 bits per heavy atom. The molecule has 4 rings (SSSR count). The molecule has 1 aliphatic heterocycles. The number of rotatable bonds is 5. The highest BCUT2D eigenvalue weighted by molar-refractivity contribution is 7.71. The van der Waals surface area contributed by atoms with Crippen LogP contribution in [0.4, 0.5) is 5.13 Å². The van der Waals surface area contributed by atoms with Crippen molar-refractivity contribution in [3.8, 4) is 16.5 Å². The number of hydrogen-bond donors (Lipinski definition) is 2. The van der Waals surface area contributed by atoms with Crippen molar-refractivity contribution < 1.29 is 9.53 Å². The average Bonchev–Trinajstić information content (AvgIpc) is 3.33. The number of fused-ring (bicyclic) bond motifs is 1. The topological polar surface area (TPSA) is 84.8 Å². The summed E-state index contributed by atoms with van der Waals surface area (Å²) >= 11 is 12.6. The Balaban J connectivity index is 1.53. The van der Waals surface area contributed by atoms with Crippen LogP contribution in [0.1, 0.15) is 11.3 Å². The van der Waals surface area contributed by atoms with Crippen molar-refractivity contribution in [2.45, 2.75) is 26.0 Å². The Morgan fingerprint density at radius 1 is 1.61 bits per heavy atom. The lowest BCUT2D eigenvalue weighted by Crippen LogP contribution is -2.31. The molecule has 0 saturated heterocycles. The molecule has 2 aromatic heterocycles. The van der Waals surface area contributed by atoms with Gasteiger partial charge in [-0.3, -0.25) is 19.8 Å².